The second kappa shape index (κ2) is 5.25. The van der Waals surface area contributed by atoms with Crippen molar-refractivity contribution in [1.29, 1.82) is 0 Å². The summed E-state index contributed by atoms with van der Waals surface area (Å²) >= 11 is 0. The zero-order valence-corrected chi connectivity index (χ0v) is 11.0. The number of carboxylic acid groups (broad SMARTS) is 1. The monoisotopic (exact) mass is 267 g/mol. The number of nitrogens with zero attached hydrogens (tertiary/aromatic N) is 2. The minimum atomic E-state index is -1.07. The van der Waals surface area contributed by atoms with Gasteiger partial charge in [0.2, 0.25) is 0 Å². The summed E-state index contributed by atoms with van der Waals surface area (Å²) in [6.07, 6.45) is -0.764. The summed E-state index contributed by atoms with van der Waals surface area (Å²) in [6.45, 7) is 1.33. The van der Waals surface area contributed by atoms with E-state index in [0.29, 0.717) is 13.1 Å². The number of para-hydroxylation sites is 2. The molecule has 2 aromatic carbocycles. The van der Waals surface area contributed by atoms with Gasteiger partial charge in [-0.05, 0) is 24.3 Å². The van der Waals surface area contributed by atoms with Crippen LogP contribution in [0.5, 0.6) is 0 Å². The zero-order chi connectivity index (χ0) is 13.9. The number of rotatable bonds is 3. The fraction of sp³-hybridized carbons (Fsp3) is 0.188. The summed E-state index contributed by atoms with van der Waals surface area (Å²) in [5, 5.41) is 11.6. The van der Waals surface area contributed by atoms with Crippen LogP contribution in [-0.2, 0) is 4.79 Å². The van der Waals surface area contributed by atoms with E-state index in [1.54, 1.807) is 0 Å². The van der Waals surface area contributed by atoms with Crippen LogP contribution < -0.4 is 14.9 Å². The number of anilines is 2. The van der Waals surface area contributed by atoms with Crippen LogP contribution >= 0.6 is 0 Å². The summed E-state index contributed by atoms with van der Waals surface area (Å²) < 4.78 is 0. The molecule has 102 valence electrons. The zero-order valence-electron chi connectivity index (χ0n) is 11.0. The maximum Gasteiger partial charge on any atom is 0.143 e. The highest BCUT2D eigenvalue weighted by atomic mass is 16.4. The van der Waals surface area contributed by atoms with E-state index >= 15 is 0 Å². The third kappa shape index (κ3) is 2.20. The van der Waals surface area contributed by atoms with Crippen LogP contribution in [-0.4, -0.2) is 25.2 Å². The van der Waals surface area contributed by atoms with E-state index in [2.05, 4.69) is 0 Å². The predicted octanol–water partition coefficient (Wildman–Crippen LogP) is 1.09. The van der Waals surface area contributed by atoms with E-state index in [9.17, 15) is 9.90 Å². The Kier molecular flexibility index (Phi) is 3.29. The Morgan fingerprint density at radius 1 is 0.850 bits per heavy atom. The van der Waals surface area contributed by atoms with Gasteiger partial charge in [-0.25, -0.2) is 0 Å². The Morgan fingerprint density at radius 2 is 1.25 bits per heavy atom. The van der Waals surface area contributed by atoms with Gasteiger partial charge in [-0.3, -0.25) is 0 Å². The molecule has 4 heteroatoms. The van der Waals surface area contributed by atoms with Crippen LogP contribution in [0.25, 0.3) is 0 Å². The molecule has 0 unspecified atom stereocenters. The van der Waals surface area contributed by atoms with Crippen LogP contribution in [0.4, 0.5) is 11.4 Å². The second-order valence-electron chi connectivity index (χ2n) is 4.75. The van der Waals surface area contributed by atoms with Crippen LogP contribution in [0.1, 0.15) is 0 Å². The molecule has 4 nitrogen and oxygen atoms in total. The molecule has 0 aromatic heterocycles. The first-order chi connectivity index (χ1) is 9.77. The number of carbonyl (C=O) groups is 1. The Balaban J connectivity index is 1.94. The lowest BCUT2D eigenvalue weighted by molar-refractivity contribution is -0.307. The van der Waals surface area contributed by atoms with Gasteiger partial charge in [0.15, 0.2) is 0 Å². The molecule has 0 radical (unpaired) electrons. The minimum Gasteiger partial charge on any atom is -0.546 e. The SMILES string of the molecule is O=C([O-])C1N(c2ccccc2)CCN1c1ccccc1. The van der Waals surface area contributed by atoms with Gasteiger partial charge in [-0.1, -0.05) is 36.4 Å². The number of carbonyl (C=O) groups excluding carboxylic acids is 1. The first-order valence-corrected chi connectivity index (χ1v) is 6.61. The molecule has 1 aliphatic heterocycles. The Bertz CT molecular complexity index is 538. The molecule has 20 heavy (non-hydrogen) atoms. The molecule has 0 amide bonds. The van der Waals surface area contributed by atoms with Gasteiger partial charge < -0.3 is 19.7 Å². The molecule has 0 aliphatic carbocycles. The first-order valence-electron chi connectivity index (χ1n) is 6.61. The van der Waals surface area contributed by atoms with Crippen molar-refractivity contribution in [2.45, 2.75) is 6.17 Å². The molecule has 0 bridgehead atoms. The first kappa shape index (κ1) is 12.5. The highest BCUT2D eigenvalue weighted by Crippen LogP contribution is 2.27. The van der Waals surface area contributed by atoms with Crippen molar-refractivity contribution in [2.24, 2.45) is 0 Å². The Morgan fingerprint density at radius 3 is 1.60 bits per heavy atom. The van der Waals surface area contributed by atoms with Crippen LogP contribution in [0.2, 0.25) is 0 Å². The van der Waals surface area contributed by atoms with Gasteiger partial charge in [0.1, 0.15) is 6.17 Å². The van der Waals surface area contributed by atoms with Crippen molar-refractivity contribution in [2.75, 3.05) is 22.9 Å². The Hall–Kier alpha value is -2.49. The third-order valence-electron chi connectivity index (χ3n) is 3.56. The lowest BCUT2D eigenvalue weighted by atomic mass is 10.2. The quantitative estimate of drug-likeness (QED) is 0.835. The number of hydrogen-bond acceptors (Lipinski definition) is 4. The lowest BCUT2D eigenvalue weighted by Gasteiger charge is -2.33. The van der Waals surface area contributed by atoms with Gasteiger partial charge in [0.25, 0.3) is 0 Å². The number of benzene rings is 2. The fourth-order valence-corrected chi connectivity index (χ4v) is 2.66. The average Bonchev–Trinajstić information content (AvgIpc) is 2.94. The molecule has 1 saturated heterocycles. The second-order valence-corrected chi connectivity index (χ2v) is 4.75. The summed E-state index contributed by atoms with van der Waals surface area (Å²) in [5.74, 6) is -1.07. The molecule has 2 aromatic rings. The maximum atomic E-state index is 11.6. The summed E-state index contributed by atoms with van der Waals surface area (Å²) in [4.78, 5) is 15.3. The molecule has 0 saturated carbocycles. The Labute approximate surface area is 117 Å². The number of carboxylic acids is 1. The molecular weight excluding hydrogens is 252 g/mol. The van der Waals surface area contributed by atoms with E-state index in [0.717, 1.165) is 11.4 Å². The molecule has 3 rings (SSSR count). The van der Waals surface area contributed by atoms with E-state index in [4.69, 9.17) is 0 Å². The van der Waals surface area contributed by atoms with Crippen molar-refractivity contribution in [3.8, 4) is 0 Å². The molecule has 1 fully saturated rings. The molecule has 0 N–H and O–H groups in total. The van der Waals surface area contributed by atoms with Crippen molar-refractivity contribution < 1.29 is 9.90 Å². The van der Waals surface area contributed by atoms with Gasteiger partial charge in [0.05, 0.1) is 5.97 Å². The van der Waals surface area contributed by atoms with Gasteiger partial charge >= 0.3 is 0 Å². The summed E-state index contributed by atoms with van der Waals surface area (Å²) in [7, 11) is 0. The standard InChI is InChI=1S/C16H16N2O2/c19-16(20)15-17(13-7-3-1-4-8-13)11-12-18(15)14-9-5-2-6-10-14/h1-10,15H,11-12H2,(H,19,20)/p-1. The fourth-order valence-electron chi connectivity index (χ4n) is 2.66. The van der Waals surface area contributed by atoms with Gasteiger partial charge in [0, 0.05) is 24.5 Å². The minimum absolute atomic E-state index is 0.664. The number of hydrogen-bond donors (Lipinski definition) is 0. The third-order valence-corrected chi connectivity index (χ3v) is 3.56. The molecule has 1 aliphatic rings. The van der Waals surface area contributed by atoms with Crippen LogP contribution in [0.15, 0.2) is 60.7 Å². The van der Waals surface area contributed by atoms with Crippen molar-refractivity contribution in [1.82, 2.24) is 0 Å². The largest absolute Gasteiger partial charge is 0.546 e. The summed E-state index contributed by atoms with van der Waals surface area (Å²) in [6, 6.07) is 19.2. The van der Waals surface area contributed by atoms with E-state index in [1.165, 1.54) is 0 Å². The average molecular weight is 267 g/mol. The molecule has 0 spiro atoms. The van der Waals surface area contributed by atoms with E-state index < -0.39 is 12.1 Å². The maximum absolute atomic E-state index is 11.6. The smallest absolute Gasteiger partial charge is 0.143 e. The van der Waals surface area contributed by atoms with Crippen LogP contribution in [0.3, 0.4) is 0 Å². The van der Waals surface area contributed by atoms with E-state index in [1.807, 2.05) is 70.5 Å². The van der Waals surface area contributed by atoms with Gasteiger partial charge in [-0.15, -0.1) is 0 Å². The van der Waals surface area contributed by atoms with Crippen LogP contribution in [0, 0.1) is 0 Å². The molecular formula is C16H15N2O2-. The number of aliphatic carboxylic acids is 1. The predicted molar refractivity (Wildman–Crippen MR) is 76.4 cm³/mol. The highest BCUT2D eigenvalue weighted by molar-refractivity contribution is 5.82. The molecule has 1 heterocycles. The summed E-state index contributed by atoms with van der Waals surface area (Å²) in [5.41, 5.74) is 1.81. The van der Waals surface area contributed by atoms with Crippen molar-refractivity contribution >= 4 is 17.3 Å². The highest BCUT2D eigenvalue weighted by Gasteiger charge is 2.33. The van der Waals surface area contributed by atoms with Crippen molar-refractivity contribution in [3.63, 3.8) is 0 Å². The van der Waals surface area contributed by atoms with Crippen molar-refractivity contribution in [3.05, 3.63) is 60.7 Å². The van der Waals surface area contributed by atoms with Gasteiger partial charge in [-0.2, -0.15) is 0 Å². The molecule has 0 atom stereocenters. The lowest BCUT2D eigenvalue weighted by Crippen LogP contribution is -2.52. The topological polar surface area (TPSA) is 46.6 Å². The normalized spacial score (nSPS) is 15.6. The van der Waals surface area contributed by atoms with E-state index in [-0.39, 0.29) is 0 Å².